The van der Waals surface area contributed by atoms with Gasteiger partial charge in [-0.2, -0.15) is 0 Å². The Bertz CT molecular complexity index is 831. The predicted molar refractivity (Wildman–Crippen MR) is 91.2 cm³/mol. The van der Waals surface area contributed by atoms with Crippen molar-refractivity contribution in [3.05, 3.63) is 73.8 Å². The van der Waals surface area contributed by atoms with Crippen LogP contribution in [0, 0.1) is 0 Å². The number of nitrogens with zero attached hydrogens (tertiary/aromatic N) is 1. The molecule has 0 radical (unpaired) electrons. The monoisotopic (exact) mass is 395 g/mol. The normalized spacial score (nSPS) is 15.9. The Kier molecular flexibility index (Phi) is 4.34. The van der Waals surface area contributed by atoms with E-state index in [1.807, 2.05) is 24.3 Å². The molecule has 0 aromatic heterocycles. The van der Waals surface area contributed by atoms with Crippen molar-refractivity contribution in [1.82, 2.24) is 0 Å². The fraction of sp³-hybridized carbons (Fsp3) is 0. The summed E-state index contributed by atoms with van der Waals surface area (Å²) < 4.78 is 6.11. The van der Waals surface area contributed by atoms with Gasteiger partial charge in [-0.05, 0) is 42.0 Å². The molecule has 0 atom stereocenters. The molecule has 0 fully saturated rings. The highest BCUT2D eigenvalue weighted by Gasteiger charge is 2.24. The molecule has 1 heterocycles. The van der Waals surface area contributed by atoms with Crippen LogP contribution in [0.15, 0.2) is 57.6 Å². The summed E-state index contributed by atoms with van der Waals surface area (Å²) in [5.41, 5.74) is 1.68. The summed E-state index contributed by atoms with van der Waals surface area (Å²) in [6, 6.07) is 12.5. The molecule has 0 N–H and O–H groups in total. The zero-order valence-corrected chi connectivity index (χ0v) is 14.1. The van der Waals surface area contributed by atoms with Crippen LogP contribution in [0.3, 0.4) is 0 Å². The number of cyclic esters (lactones) is 1. The van der Waals surface area contributed by atoms with E-state index in [0.29, 0.717) is 15.6 Å². The van der Waals surface area contributed by atoms with Crippen molar-refractivity contribution in [2.24, 2.45) is 4.99 Å². The topological polar surface area (TPSA) is 38.7 Å². The molecule has 0 saturated heterocycles. The molecular weight excluding hydrogens is 389 g/mol. The van der Waals surface area contributed by atoms with Crippen molar-refractivity contribution in [2.45, 2.75) is 0 Å². The number of rotatable bonds is 2. The van der Waals surface area contributed by atoms with E-state index in [2.05, 4.69) is 20.9 Å². The van der Waals surface area contributed by atoms with E-state index in [4.69, 9.17) is 27.9 Å². The van der Waals surface area contributed by atoms with Crippen LogP contribution in [0.1, 0.15) is 11.1 Å². The zero-order valence-electron chi connectivity index (χ0n) is 11.0. The molecule has 0 aliphatic carbocycles. The second kappa shape index (κ2) is 6.24. The molecule has 0 saturated carbocycles. The van der Waals surface area contributed by atoms with Gasteiger partial charge < -0.3 is 4.74 Å². The maximum atomic E-state index is 11.9. The van der Waals surface area contributed by atoms with E-state index in [1.165, 1.54) is 0 Å². The van der Waals surface area contributed by atoms with Crippen LogP contribution in [0.25, 0.3) is 6.08 Å². The molecule has 3 rings (SSSR count). The van der Waals surface area contributed by atoms with Crippen LogP contribution in [-0.4, -0.2) is 11.9 Å². The van der Waals surface area contributed by atoms with Gasteiger partial charge in [0.15, 0.2) is 5.70 Å². The average Bonchev–Trinajstić information content (AvgIpc) is 2.83. The van der Waals surface area contributed by atoms with Crippen molar-refractivity contribution in [3.8, 4) is 0 Å². The Hall–Kier alpha value is -1.62. The molecule has 3 nitrogen and oxygen atoms in total. The minimum Gasteiger partial charge on any atom is -0.402 e. The van der Waals surface area contributed by atoms with Crippen molar-refractivity contribution >= 4 is 57.1 Å². The van der Waals surface area contributed by atoms with Crippen LogP contribution in [0.5, 0.6) is 0 Å². The number of esters is 1. The van der Waals surface area contributed by atoms with Gasteiger partial charge in [-0.25, -0.2) is 9.79 Å². The van der Waals surface area contributed by atoms with E-state index in [9.17, 15) is 4.79 Å². The first kappa shape index (κ1) is 15.3. The summed E-state index contributed by atoms with van der Waals surface area (Å²) in [5.74, 6) is -0.286. The van der Waals surface area contributed by atoms with Crippen LogP contribution in [0.4, 0.5) is 0 Å². The first-order valence-corrected chi connectivity index (χ1v) is 7.81. The molecule has 22 heavy (non-hydrogen) atoms. The summed E-state index contributed by atoms with van der Waals surface area (Å²) in [6.45, 7) is 0. The fourth-order valence-corrected chi connectivity index (χ4v) is 2.63. The Morgan fingerprint density at radius 2 is 1.91 bits per heavy atom. The minimum absolute atomic E-state index is 0.213. The van der Waals surface area contributed by atoms with Crippen LogP contribution in [-0.2, 0) is 9.53 Å². The number of ether oxygens (including phenoxy) is 1. The largest absolute Gasteiger partial charge is 0.402 e. The van der Waals surface area contributed by atoms with Crippen LogP contribution < -0.4 is 0 Å². The Labute approximate surface area is 145 Å². The second-order valence-corrected chi connectivity index (χ2v) is 6.25. The maximum absolute atomic E-state index is 11.9. The Balaban J connectivity index is 1.96. The van der Waals surface area contributed by atoms with Gasteiger partial charge in [0.05, 0.1) is 10.0 Å². The highest BCUT2D eigenvalue weighted by atomic mass is 79.9. The highest BCUT2D eigenvalue weighted by molar-refractivity contribution is 9.10. The molecular formula is C16H8BrCl2NO2. The van der Waals surface area contributed by atoms with Crippen LogP contribution >= 0.6 is 39.1 Å². The third-order valence-corrected chi connectivity index (χ3v) is 4.17. The summed E-state index contributed by atoms with van der Waals surface area (Å²) in [5, 5.41) is 0.808. The van der Waals surface area contributed by atoms with Gasteiger partial charge in [0.1, 0.15) is 0 Å². The Morgan fingerprint density at radius 1 is 1.09 bits per heavy atom. The molecule has 1 aliphatic heterocycles. The maximum Gasteiger partial charge on any atom is 0.363 e. The van der Waals surface area contributed by atoms with Crippen molar-refractivity contribution in [3.63, 3.8) is 0 Å². The molecule has 1 aliphatic rings. The van der Waals surface area contributed by atoms with Gasteiger partial charge in [-0.1, -0.05) is 51.3 Å². The average molecular weight is 397 g/mol. The smallest absolute Gasteiger partial charge is 0.363 e. The molecule has 2 aromatic rings. The molecule has 0 bridgehead atoms. The molecule has 0 amide bonds. The third-order valence-electron chi connectivity index (χ3n) is 2.94. The molecule has 0 spiro atoms. The standard InChI is InChI=1S/C16H8BrCl2NO2/c17-11-3-1-2-9(6-11)7-14-16(21)22-15(20-14)10-4-5-12(18)13(19)8-10/h1-8H. The lowest BCUT2D eigenvalue weighted by Gasteiger charge is -2.01. The Morgan fingerprint density at radius 3 is 2.64 bits per heavy atom. The van der Waals surface area contributed by atoms with Crippen molar-refractivity contribution in [2.75, 3.05) is 0 Å². The van der Waals surface area contributed by atoms with Gasteiger partial charge in [0.25, 0.3) is 0 Å². The van der Waals surface area contributed by atoms with E-state index in [1.54, 1.807) is 24.3 Å². The summed E-state index contributed by atoms with van der Waals surface area (Å²) in [4.78, 5) is 16.1. The minimum atomic E-state index is -0.499. The molecule has 2 aromatic carbocycles. The van der Waals surface area contributed by atoms with Gasteiger partial charge in [-0.3, -0.25) is 0 Å². The van der Waals surface area contributed by atoms with Gasteiger partial charge in [0, 0.05) is 10.0 Å². The van der Waals surface area contributed by atoms with Gasteiger partial charge >= 0.3 is 5.97 Å². The van der Waals surface area contributed by atoms with E-state index in [0.717, 1.165) is 10.0 Å². The predicted octanol–water partition coefficient (Wildman–Crippen LogP) is 5.10. The third kappa shape index (κ3) is 3.24. The number of hydrogen-bond acceptors (Lipinski definition) is 3. The van der Waals surface area contributed by atoms with Crippen LogP contribution in [0.2, 0.25) is 10.0 Å². The summed E-state index contributed by atoms with van der Waals surface area (Å²) >= 11 is 15.2. The SMILES string of the molecule is O=C1OC(c2ccc(Cl)c(Cl)c2)=NC1=Cc1cccc(Br)c1. The van der Waals surface area contributed by atoms with Gasteiger partial charge in [0.2, 0.25) is 5.90 Å². The van der Waals surface area contributed by atoms with E-state index < -0.39 is 5.97 Å². The fourth-order valence-electron chi connectivity index (χ4n) is 1.92. The molecule has 6 heteroatoms. The first-order chi connectivity index (χ1) is 10.5. The lowest BCUT2D eigenvalue weighted by molar-refractivity contribution is -0.129. The van der Waals surface area contributed by atoms with E-state index >= 15 is 0 Å². The van der Waals surface area contributed by atoms with E-state index in [-0.39, 0.29) is 11.6 Å². The number of carbonyl (C=O) groups excluding carboxylic acids is 1. The molecule has 110 valence electrons. The van der Waals surface area contributed by atoms with Gasteiger partial charge in [-0.15, -0.1) is 0 Å². The lowest BCUT2D eigenvalue weighted by Crippen LogP contribution is -2.05. The number of aliphatic imine (C=N–C) groups is 1. The number of hydrogen-bond donors (Lipinski definition) is 0. The quantitative estimate of drug-likeness (QED) is 0.523. The molecule has 0 unspecified atom stereocenters. The number of carbonyl (C=O) groups is 1. The van der Waals surface area contributed by atoms with Crippen molar-refractivity contribution < 1.29 is 9.53 Å². The first-order valence-electron chi connectivity index (χ1n) is 6.26. The van der Waals surface area contributed by atoms with Crippen molar-refractivity contribution in [1.29, 1.82) is 0 Å². The highest BCUT2D eigenvalue weighted by Crippen LogP contribution is 2.26. The summed E-state index contributed by atoms with van der Waals surface area (Å²) in [6.07, 6.45) is 1.66. The second-order valence-electron chi connectivity index (χ2n) is 4.52. The number of benzene rings is 2. The zero-order chi connectivity index (χ0) is 15.7. The lowest BCUT2D eigenvalue weighted by atomic mass is 10.2. The number of halogens is 3. The summed E-state index contributed by atoms with van der Waals surface area (Å²) in [7, 11) is 0.